The molecule has 0 bridgehead atoms. The summed E-state index contributed by atoms with van der Waals surface area (Å²) in [4.78, 5) is 38.0. The van der Waals surface area contributed by atoms with Crippen LogP contribution in [-0.4, -0.2) is 21.7 Å². The minimum absolute atomic E-state index is 0.128. The molecule has 0 radical (unpaired) electrons. The number of nitro benzene ring substituents is 1. The number of hydrogen-bond donors (Lipinski definition) is 1. The van der Waals surface area contributed by atoms with Crippen molar-refractivity contribution in [2.24, 2.45) is 0 Å². The maximum absolute atomic E-state index is 13.0. The van der Waals surface area contributed by atoms with Gasteiger partial charge in [0.05, 0.1) is 16.5 Å². The smallest absolute Gasteiger partial charge is 0.300 e. The fourth-order valence-corrected chi connectivity index (χ4v) is 3.84. The Bertz CT molecular complexity index is 1220. The molecule has 1 fully saturated rings. The van der Waals surface area contributed by atoms with E-state index in [4.69, 9.17) is 0 Å². The molecule has 3 aromatic rings. The SMILES string of the molecule is O=C1C(=O)N(c2ccccc2)C(c2cccc([N+](=O)[O-])c2)C1=C(O)c1ccc(Br)cc1. The number of carbonyl (C=O) groups excluding carboxylic acids is 2. The number of rotatable bonds is 4. The quantitative estimate of drug-likeness (QED) is 0.187. The van der Waals surface area contributed by atoms with Gasteiger partial charge in [-0.1, -0.05) is 58.4 Å². The molecule has 1 aliphatic heterocycles. The van der Waals surface area contributed by atoms with Crippen LogP contribution in [0.1, 0.15) is 17.2 Å². The molecule has 7 nitrogen and oxygen atoms in total. The molecule has 154 valence electrons. The summed E-state index contributed by atoms with van der Waals surface area (Å²) in [6.45, 7) is 0. The molecule has 1 atom stereocenters. The zero-order valence-electron chi connectivity index (χ0n) is 15.9. The average Bonchev–Trinajstić information content (AvgIpc) is 3.05. The van der Waals surface area contributed by atoms with Gasteiger partial charge in [0.1, 0.15) is 5.76 Å². The largest absolute Gasteiger partial charge is 0.507 e. The van der Waals surface area contributed by atoms with Crippen LogP contribution in [0, 0.1) is 10.1 Å². The highest BCUT2D eigenvalue weighted by Crippen LogP contribution is 2.42. The van der Waals surface area contributed by atoms with Crippen LogP contribution in [0.4, 0.5) is 11.4 Å². The van der Waals surface area contributed by atoms with Crippen molar-refractivity contribution in [1.82, 2.24) is 0 Å². The van der Waals surface area contributed by atoms with Crippen molar-refractivity contribution in [3.63, 3.8) is 0 Å². The molecule has 0 spiro atoms. The lowest BCUT2D eigenvalue weighted by molar-refractivity contribution is -0.384. The van der Waals surface area contributed by atoms with Crippen LogP contribution in [0.5, 0.6) is 0 Å². The van der Waals surface area contributed by atoms with E-state index in [0.717, 1.165) is 4.47 Å². The first-order valence-electron chi connectivity index (χ1n) is 9.25. The molecule has 0 saturated carbocycles. The van der Waals surface area contributed by atoms with E-state index >= 15 is 0 Å². The number of hydrogen-bond acceptors (Lipinski definition) is 5. The maximum atomic E-state index is 13.0. The average molecular weight is 479 g/mol. The molecule has 1 heterocycles. The summed E-state index contributed by atoms with van der Waals surface area (Å²) in [5, 5.41) is 22.3. The van der Waals surface area contributed by atoms with Gasteiger partial charge in [-0.15, -0.1) is 0 Å². The van der Waals surface area contributed by atoms with Gasteiger partial charge in [0.15, 0.2) is 0 Å². The van der Waals surface area contributed by atoms with Crippen molar-refractivity contribution in [2.45, 2.75) is 6.04 Å². The first-order chi connectivity index (χ1) is 14.9. The highest BCUT2D eigenvalue weighted by atomic mass is 79.9. The Hall–Kier alpha value is -3.78. The van der Waals surface area contributed by atoms with Crippen molar-refractivity contribution < 1.29 is 19.6 Å². The van der Waals surface area contributed by atoms with E-state index in [0.29, 0.717) is 16.8 Å². The monoisotopic (exact) mass is 478 g/mol. The first-order valence-corrected chi connectivity index (χ1v) is 10.0. The van der Waals surface area contributed by atoms with Crippen LogP contribution in [0.25, 0.3) is 5.76 Å². The Kier molecular flexibility index (Phi) is 5.39. The number of anilines is 1. The Labute approximate surface area is 185 Å². The van der Waals surface area contributed by atoms with Crippen LogP contribution in [0.3, 0.4) is 0 Å². The van der Waals surface area contributed by atoms with Crippen LogP contribution < -0.4 is 4.90 Å². The molecule has 1 unspecified atom stereocenters. The van der Waals surface area contributed by atoms with E-state index in [1.54, 1.807) is 60.7 Å². The standard InChI is InChI=1S/C23H15BrN2O5/c24-16-11-9-14(10-12-16)21(27)19-20(15-5-4-8-18(13-15)26(30)31)25(23(29)22(19)28)17-6-2-1-3-7-17/h1-13,20,27H. The van der Waals surface area contributed by atoms with E-state index in [9.17, 15) is 24.8 Å². The van der Waals surface area contributed by atoms with Crippen molar-refractivity contribution in [3.8, 4) is 0 Å². The van der Waals surface area contributed by atoms with Crippen LogP contribution in [0.15, 0.2) is 88.9 Å². The van der Waals surface area contributed by atoms with E-state index in [2.05, 4.69) is 15.9 Å². The van der Waals surface area contributed by atoms with Crippen molar-refractivity contribution in [1.29, 1.82) is 0 Å². The molecule has 0 aliphatic carbocycles. The van der Waals surface area contributed by atoms with E-state index in [-0.39, 0.29) is 17.0 Å². The highest BCUT2D eigenvalue weighted by Gasteiger charge is 2.47. The number of benzene rings is 3. The Morgan fingerprint density at radius 2 is 1.65 bits per heavy atom. The predicted octanol–water partition coefficient (Wildman–Crippen LogP) is 4.98. The molecule has 3 aromatic carbocycles. The summed E-state index contributed by atoms with van der Waals surface area (Å²) in [7, 11) is 0. The van der Waals surface area contributed by atoms with Gasteiger partial charge in [-0.05, 0) is 29.8 Å². The fourth-order valence-electron chi connectivity index (χ4n) is 3.57. The number of para-hydroxylation sites is 1. The number of aliphatic hydroxyl groups is 1. The topological polar surface area (TPSA) is 101 Å². The lowest BCUT2D eigenvalue weighted by Gasteiger charge is -2.25. The molecule has 1 N–H and O–H groups in total. The van der Waals surface area contributed by atoms with E-state index in [1.807, 2.05) is 0 Å². The Balaban J connectivity index is 1.96. The Morgan fingerprint density at radius 3 is 2.29 bits per heavy atom. The number of nitro groups is 1. The van der Waals surface area contributed by atoms with E-state index < -0.39 is 22.7 Å². The summed E-state index contributed by atoms with van der Waals surface area (Å²) >= 11 is 3.32. The molecule has 8 heteroatoms. The first kappa shape index (κ1) is 20.5. The lowest BCUT2D eigenvalue weighted by Crippen LogP contribution is -2.29. The van der Waals surface area contributed by atoms with Crippen LogP contribution in [0.2, 0.25) is 0 Å². The highest BCUT2D eigenvalue weighted by molar-refractivity contribution is 9.10. The van der Waals surface area contributed by atoms with Gasteiger partial charge in [0, 0.05) is 27.9 Å². The van der Waals surface area contributed by atoms with Crippen molar-refractivity contribution in [2.75, 3.05) is 4.90 Å². The third-order valence-corrected chi connectivity index (χ3v) is 5.52. The Morgan fingerprint density at radius 1 is 0.968 bits per heavy atom. The zero-order chi connectivity index (χ0) is 22.1. The van der Waals surface area contributed by atoms with Gasteiger partial charge in [-0.2, -0.15) is 0 Å². The third kappa shape index (κ3) is 3.73. The predicted molar refractivity (Wildman–Crippen MR) is 118 cm³/mol. The third-order valence-electron chi connectivity index (χ3n) is 4.99. The second-order valence-electron chi connectivity index (χ2n) is 6.86. The number of Topliss-reactive ketones (excluding diaryl/α,β-unsaturated/α-hetero) is 1. The number of halogens is 1. The molecule has 31 heavy (non-hydrogen) atoms. The second-order valence-corrected chi connectivity index (χ2v) is 7.78. The van der Waals surface area contributed by atoms with Gasteiger partial charge < -0.3 is 5.11 Å². The summed E-state index contributed by atoms with van der Waals surface area (Å²) in [5.74, 6) is -2.03. The second kappa shape index (κ2) is 8.16. The molecule has 1 saturated heterocycles. The normalized spacial score (nSPS) is 17.7. The van der Waals surface area contributed by atoms with Gasteiger partial charge in [0.2, 0.25) is 0 Å². The minimum atomic E-state index is -1.02. The van der Waals surface area contributed by atoms with Crippen molar-refractivity contribution >= 4 is 44.8 Å². The van der Waals surface area contributed by atoms with Gasteiger partial charge >= 0.3 is 0 Å². The van der Waals surface area contributed by atoms with Crippen LogP contribution in [-0.2, 0) is 9.59 Å². The van der Waals surface area contributed by atoms with E-state index in [1.165, 1.54) is 23.1 Å². The van der Waals surface area contributed by atoms with Crippen molar-refractivity contribution in [3.05, 3.63) is 110 Å². The molecule has 1 amide bonds. The van der Waals surface area contributed by atoms with Gasteiger partial charge in [-0.3, -0.25) is 24.6 Å². The van der Waals surface area contributed by atoms with Gasteiger partial charge in [0.25, 0.3) is 17.4 Å². The zero-order valence-corrected chi connectivity index (χ0v) is 17.5. The number of ketones is 1. The maximum Gasteiger partial charge on any atom is 0.300 e. The van der Waals surface area contributed by atoms with Crippen LogP contribution >= 0.6 is 15.9 Å². The molecule has 4 rings (SSSR count). The fraction of sp³-hybridized carbons (Fsp3) is 0.0435. The number of carbonyl (C=O) groups is 2. The number of aliphatic hydroxyl groups excluding tert-OH is 1. The lowest BCUT2D eigenvalue weighted by atomic mass is 9.95. The summed E-state index contributed by atoms with van der Waals surface area (Å²) in [5.41, 5.74) is 0.827. The number of non-ortho nitro benzene ring substituents is 1. The minimum Gasteiger partial charge on any atom is -0.507 e. The number of amides is 1. The summed E-state index contributed by atoms with van der Waals surface area (Å²) in [6.07, 6.45) is 0. The number of nitrogens with zero attached hydrogens (tertiary/aromatic N) is 2. The molecule has 0 aromatic heterocycles. The summed E-state index contributed by atoms with van der Waals surface area (Å²) in [6, 6.07) is 19.8. The summed E-state index contributed by atoms with van der Waals surface area (Å²) < 4.78 is 0.782. The molecular weight excluding hydrogens is 464 g/mol. The van der Waals surface area contributed by atoms with Gasteiger partial charge in [-0.25, -0.2) is 0 Å². The molecular formula is C23H15BrN2O5. The molecule has 1 aliphatic rings.